The van der Waals surface area contributed by atoms with Crippen LogP contribution >= 0.6 is 0 Å². The molecule has 1 rings (SSSR count). The van der Waals surface area contributed by atoms with Crippen LogP contribution in [0.15, 0.2) is 6.07 Å². The van der Waals surface area contributed by atoms with Gasteiger partial charge in [-0.3, -0.25) is 0 Å². The predicted molar refractivity (Wildman–Crippen MR) is 65.9 cm³/mol. The Morgan fingerprint density at radius 1 is 1.31 bits per heavy atom. The van der Waals surface area contributed by atoms with Gasteiger partial charge in [-0.2, -0.15) is 0 Å². The Kier molecular flexibility index (Phi) is 5.56. The van der Waals surface area contributed by atoms with Crippen LogP contribution in [0.5, 0.6) is 0 Å². The first kappa shape index (κ1) is 12.7. The minimum Gasteiger partial charge on any atom is -0.385 e. The first-order valence-corrected chi connectivity index (χ1v) is 5.58. The molecule has 90 valence electrons. The van der Waals surface area contributed by atoms with Crippen LogP contribution in [0.1, 0.15) is 19.2 Å². The summed E-state index contributed by atoms with van der Waals surface area (Å²) in [6, 6.07) is 1.91. The highest BCUT2D eigenvalue weighted by atomic mass is 16.5. The van der Waals surface area contributed by atoms with Crippen LogP contribution in [0.3, 0.4) is 0 Å². The van der Waals surface area contributed by atoms with E-state index in [0.29, 0.717) is 0 Å². The molecule has 0 unspecified atom stereocenters. The van der Waals surface area contributed by atoms with E-state index < -0.39 is 0 Å². The van der Waals surface area contributed by atoms with Gasteiger partial charge in [0.15, 0.2) is 0 Å². The lowest BCUT2D eigenvalue weighted by Gasteiger charge is -2.08. The van der Waals surface area contributed by atoms with Crippen molar-refractivity contribution < 1.29 is 4.74 Å². The van der Waals surface area contributed by atoms with E-state index in [1.54, 1.807) is 7.11 Å². The van der Waals surface area contributed by atoms with Crippen molar-refractivity contribution in [2.24, 2.45) is 0 Å². The molecule has 0 atom stereocenters. The average Bonchev–Trinajstić information content (AvgIpc) is 2.34. The quantitative estimate of drug-likeness (QED) is 0.688. The van der Waals surface area contributed by atoms with Gasteiger partial charge < -0.3 is 15.4 Å². The van der Waals surface area contributed by atoms with Gasteiger partial charge in [0.1, 0.15) is 17.5 Å². The fourth-order valence-electron chi connectivity index (χ4n) is 1.31. The topological polar surface area (TPSA) is 59.1 Å². The summed E-state index contributed by atoms with van der Waals surface area (Å²) in [6.45, 7) is 3.66. The summed E-state index contributed by atoms with van der Waals surface area (Å²) >= 11 is 0. The largest absolute Gasteiger partial charge is 0.385 e. The molecule has 0 aliphatic heterocycles. The smallest absolute Gasteiger partial charge is 0.132 e. The van der Waals surface area contributed by atoms with Gasteiger partial charge in [-0.25, -0.2) is 9.97 Å². The molecule has 16 heavy (non-hydrogen) atoms. The van der Waals surface area contributed by atoms with Gasteiger partial charge in [-0.05, 0) is 6.42 Å². The Hall–Kier alpha value is -1.36. The lowest BCUT2D eigenvalue weighted by Crippen LogP contribution is -2.08. The molecule has 0 spiro atoms. The fraction of sp³-hybridized carbons (Fsp3) is 0.636. The van der Waals surface area contributed by atoms with Gasteiger partial charge in [0, 0.05) is 39.8 Å². The Balaban J connectivity index is 2.57. The second-order valence-electron chi connectivity index (χ2n) is 3.43. The maximum Gasteiger partial charge on any atom is 0.132 e. The van der Waals surface area contributed by atoms with Crippen LogP contribution in [0.4, 0.5) is 11.6 Å². The highest BCUT2D eigenvalue weighted by Gasteiger charge is 2.01. The standard InChI is InChI=1S/C11H20N4O/c1-4-9-14-10(12-2)8-11(15-9)13-6-5-7-16-3/h8H,4-7H2,1-3H3,(H2,12,13,14,15). The molecule has 0 amide bonds. The SMILES string of the molecule is CCc1nc(NC)cc(NCCCOC)n1. The van der Waals surface area contributed by atoms with Gasteiger partial charge >= 0.3 is 0 Å². The second kappa shape index (κ2) is 7.00. The molecule has 1 heterocycles. The van der Waals surface area contributed by atoms with Crippen LogP contribution in [-0.2, 0) is 11.2 Å². The van der Waals surface area contributed by atoms with E-state index in [4.69, 9.17) is 4.74 Å². The van der Waals surface area contributed by atoms with Crippen molar-refractivity contribution in [1.29, 1.82) is 0 Å². The van der Waals surface area contributed by atoms with Crippen molar-refractivity contribution in [3.63, 3.8) is 0 Å². The number of rotatable bonds is 7. The van der Waals surface area contributed by atoms with Gasteiger partial charge in [0.05, 0.1) is 0 Å². The summed E-state index contributed by atoms with van der Waals surface area (Å²) in [5.41, 5.74) is 0. The summed E-state index contributed by atoms with van der Waals surface area (Å²) in [4.78, 5) is 8.72. The molecule has 0 bridgehead atoms. The third kappa shape index (κ3) is 4.02. The van der Waals surface area contributed by atoms with Crippen molar-refractivity contribution in [2.45, 2.75) is 19.8 Å². The highest BCUT2D eigenvalue weighted by Crippen LogP contribution is 2.11. The van der Waals surface area contributed by atoms with E-state index in [-0.39, 0.29) is 0 Å². The van der Waals surface area contributed by atoms with E-state index in [1.165, 1.54) is 0 Å². The minimum atomic E-state index is 0.762. The minimum absolute atomic E-state index is 0.762. The predicted octanol–water partition coefficient (Wildman–Crippen LogP) is 1.53. The highest BCUT2D eigenvalue weighted by molar-refractivity contribution is 5.47. The molecule has 2 N–H and O–H groups in total. The number of hydrogen-bond donors (Lipinski definition) is 2. The van der Waals surface area contributed by atoms with Crippen molar-refractivity contribution in [3.8, 4) is 0 Å². The van der Waals surface area contributed by atoms with Crippen molar-refractivity contribution in [2.75, 3.05) is 37.9 Å². The maximum atomic E-state index is 4.98. The first-order valence-electron chi connectivity index (χ1n) is 5.58. The zero-order valence-electron chi connectivity index (χ0n) is 10.2. The van der Waals surface area contributed by atoms with Gasteiger partial charge in [0.2, 0.25) is 0 Å². The van der Waals surface area contributed by atoms with E-state index in [9.17, 15) is 0 Å². The van der Waals surface area contributed by atoms with Crippen LogP contribution < -0.4 is 10.6 Å². The van der Waals surface area contributed by atoms with Crippen molar-refractivity contribution >= 4 is 11.6 Å². The number of methoxy groups -OCH3 is 1. The van der Waals surface area contributed by atoms with Crippen LogP contribution in [0.2, 0.25) is 0 Å². The molecule has 0 aliphatic carbocycles. The number of ether oxygens (including phenoxy) is 1. The fourth-order valence-corrected chi connectivity index (χ4v) is 1.31. The number of hydrogen-bond acceptors (Lipinski definition) is 5. The zero-order valence-corrected chi connectivity index (χ0v) is 10.2. The summed E-state index contributed by atoms with van der Waals surface area (Å²) in [5.74, 6) is 2.56. The Morgan fingerprint density at radius 3 is 2.69 bits per heavy atom. The second-order valence-corrected chi connectivity index (χ2v) is 3.43. The molecule has 0 saturated carbocycles. The Morgan fingerprint density at radius 2 is 2.06 bits per heavy atom. The summed E-state index contributed by atoms with van der Waals surface area (Å²) in [6.07, 6.45) is 1.80. The molecular formula is C11H20N4O. The normalized spacial score (nSPS) is 10.2. The van der Waals surface area contributed by atoms with Crippen molar-refractivity contribution in [1.82, 2.24) is 9.97 Å². The molecule has 0 radical (unpaired) electrons. The van der Waals surface area contributed by atoms with E-state index in [2.05, 4.69) is 20.6 Å². The third-order valence-electron chi connectivity index (χ3n) is 2.18. The molecule has 0 aromatic carbocycles. The van der Waals surface area contributed by atoms with Gasteiger partial charge in [-0.1, -0.05) is 6.92 Å². The number of anilines is 2. The van der Waals surface area contributed by atoms with Gasteiger partial charge in [-0.15, -0.1) is 0 Å². The molecule has 5 nitrogen and oxygen atoms in total. The molecule has 1 aromatic heterocycles. The Bertz CT molecular complexity index is 295. The van der Waals surface area contributed by atoms with Gasteiger partial charge in [0.25, 0.3) is 0 Å². The summed E-state index contributed by atoms with van der Waals surface area (Å²) < 4.78 is 4.98. The first-order chi connectivity index (χ1) is 7.80. The third-order valence-corrected chi connectivity index (χ3v) is 2.18. The average molecular weight is 224 g/mol. The lowest BCUT2D eigenvalue weighted by atomic mass is 10.4. The summed E-state index contributed by atoms with van der Waals surface area (Å²) in [5, 5.41) is 6.29. The Labute approximate surface area is 96.6 Å². The molecule has 0 saturated heterocycles. The molecule has 0 aliphatic rings. The van der Waals surface area contributed by atoms with Crippen LogP contribution in [0, 0.1) is 0 Å². The lowest BCUT2D eigenvalue weighted by molar-refractivity contribution is 0.198. The van der Waals surface area contributed by atoms with Crippen LogP contribution in [-0.4, -0.2) is 37.3 Å². The van der Waals surface area contributed by atoms with E-state index in [0.717, 1.165) is 43.5 Å². The van der Waals surface area contributed by atoms with E-state index in [1.807, 2.05) is 20.0 Å². The van der Waals surface area contributed by atoms with Crippen molar-refractivity contribution in [3.05, 3.63) is 11.9 Å². The number of aromatic nitrogens is 2. The maximum absolute atomic E-state index is 4.98. The van der Waals surface area contributed by atoms with E-state index >= 15 is 0 Å². The molecule has 1 aromatic rings. The molecular weight excluding hydrogens is 204 g/mol. The number of nitrogens with zero attached hydrogens (tertiary/aromatic N) is 2. The zero-order chi connectivity index (χ0) is 11.8. The monoisotopic (exact) mass is 224 g/mol. The molecule has 0 fully saturated rings. The number of aryl methyl sites for hydroxylation is 1. The van der Waals surface area contributed by atoms with Crippen LogP contribution in [0.25, 0.3) is 0 Å². The number of nitrogens with one attached hydrogen (secondary N) is 2. The summed E-state index contributed by atoms with van der Waals surface area (Å²) in [7, 11) is 3.56. The molecule has 5 heteroatoms.